The minimum atomic E-state index is 0.360. The summed E-state index contributed by atoms with van der Waals surface area (Å²) in [5, 5.41) is 7.78. The van der Waals surface area contributed by atoms with Crippen molar-refractivity contribution in [2.24, 2.45) is 7.05 Å². The monoisotopic (exact) mass is 228 g/mol. The fraction of sp³-hybridized carbons (Fsp3) is 0.385. The molecule has 88 valence electrons. The zero-order chi connectivity index (χ0) is 11.8. The average molecular weight is 228 g/mol. The molecular formula is C13H16N4. The highest BCUT2D eigenvalue weighted by Crippen LogP contribution is 2.35. The standard InChI is InChI=1S/C13H16N4/c1-9-15-13(17(2)16-9)11-7-8-14-12-6-4-3-5-10(11)12/h3-6,11,14H,7-8H2,1-2H3. The first-order valence-electron chi connectivity index (χ1n) is 5.96. The predicted molar refractivity (Wildman–Crippen MR) is 67.1 cm³/mol. The van der Waals surface area contributed by atoms with Gasteiger partial charge in [0.1, 0.15) is 11.6 Å². The normalized spacial score (nSPS) is 18.6. The molecule has 1 N–H and O–H groups in total. The molecule has 4 nitrogen and oxygen atoms in total. The number of nitrogens with zero attached hydrogens (tertiary/aromatic N) is 3. The van der Waals surface area contributed by atoms with Crippen LogP contribution >= 0.6 is 0 Å². The minimum Gasteiger partial charge on any atom is -0.385 e. The topological polar surface area (TPSA) is 42.7 Å². The van der Waals surface area contributed by atoms with Crippen LogP contribution in [0.25, 0.3) is 0 Å². The van der Waals surface area contributed by atoms with Gasteiger partial charge in [0.2, 0.25) is 0 Å². The van der Waals surface area contributed by atoms with E-state index in [-0.39, 0.29) is 0 Å². The van der Waals surface area contributed by atoms with Crippen molar-refractivity contribution in [3.63, 3.8) is 0 Å². The van der Waals surface area contributed by atoms with Crippen LogP contribution in [0.15, 0.2) is 24.3 Å². The predicted octanol–water partition coefficient (Wildman–Crippen LogP) is 2.07. The van der Waals surface area contributed by atoms with Crippen LogP contribution in [0.2, 0.25) is 0 Å². The first kappa shape index (κ1) is 10.3. The molecule has 1 aromatic carbocycles. The van der Waals surface area contributed by atoms with E-state index in [2.05, 4.69) is 39.7 Å². The Hall–Kier alpha value is -1.84. The van der Waals surface area contributed by atoms with Crippen molar-refractivity contribution in [3.05, 3.63) is 41.5 Å². The number of hydrogen-bond donors (Lipinski definition) is 1. The second kappa shape index (κ2) is 3.87. The lowest BCUT2D eigenvalue weighted by Gasteiger charge is -2.25. The Kier molecular flexibility index (Phi) is 2.35. The lowest BCUT2D eigenvalue weighted by molar-refractivity contribution is 0.612. The molecule has 17 heavy (non-hydrogen) atoms. The van der Waals surface area contributed by atoms with E-state index in [1.807, 2.05) is 18.7 Å². The molecule has 0 bridgehead atoms. The Morgan fingerprint density at radius 2 is 2.18 bits per heavy atom. The van der Waals surface area contributed by atoms with Crippen molar-refractivity contribution >= 4 is 5.69 Å². The lowest BCUT2D eigenvalue weighted by Crippen LogP contribution is -2.20. The van der Waals surface area contributed by atoms with Gasteiger partial charge in [0.25, 0.3) is 0 Å². The second-order valence-corrected chi connectivity index (χ2v) is 4.50. The molecule has 0 fully saturated rings. The molecular weight excluding hydrogens is 212 g/mol. The smallest absolute Gasteiger partial charge is 0.147 e. The molecule has 0 amide bonds. The van der Waals surface area contributed by atoms with Crippen LogP contribution < -0.4 is 5.32 Å². The Morgan fingerprint density at radius 1 is 1.35 bits per heavy atom. The maximum Gasteiger partial charge on any atom is 0.147 e. The molecule has 0 radical (unpaired) electrons. The first-order valence-corrected chi connectivity index (χ1v) is 5.96. The zero-order valence-electron chi connectivity index (χ0n) is 10.1. The van der Waals surface area contributed by atoms with E-state index in [9.17, 15) is 0 Å². The molecule has 2 aromatic rings. The quantitative estimate of drug-likeness (QED) is 0.812. The van der Waals surface area contributed by atoms with Crippen LogP contribution in [0.1, 0.15) is 29.6 Å². The van der Waals surface area contributed by atoms with Crippen LogP contribution in [0.5, 0.6) is 0 Å². The number of para-hydroxylation sites is 1. The van der Waals surface area contributed by atoms with E-state index in [0.717, 1.165) is 24.6 Å². The van der Waals surface area contributed by atoms with Gasteiger partial charge in [-0.25, -0.2) is 4.98 Å². The Bertz CT molecular complexity index is 544. The van der Waals surface area contributed by atoms with E-state index in [4.69, 9.17) is 0 Å². The van der Waals surface area contributed by atoms with Gasteiger partial charge in [-0.2, -0.15) is 5.10 Å². The van der Waals surface area contributed by atoms with Gasteiger partial charge in [0, 0.05) is 25.2 Å². The van der Waals surface area contributed by atoms with Crippen molar-refractivity contribution in [3.8, 4) is 0 Å². The van der Waals surface area contributed by atoms with E-state index in [1.54, 1.807) is 0 Å². The molecule has 0 saturated heterocycles. The molecule has 4 heteroatoms. The summed E-state index contributed by atoms with van der Waals surface area (Å²) in [4.78, 5) is 4.56. The maximum atomic E-state index is 4.56. The molecule has 1 unspecified atom stereocenters. The minimum absolute atomic E-state index is 0.360. The number of aryl methyl sites for hydroxylation is 2. The fourth-order valence-corrected chi connectivity index (χ4v) is 2.57. The maximum absolute atomic E-state index is 4.56. The summed E-state index contributed by atoms with van der Waals surface area (Å²) in [6.07, 6.45) is 1.07. The van der Waals surface area contributed by atoms with E-state index >= 15 is 0 Å². The number of aromatic nitrogens is 3. The second-order valence-electron chi connectivity index (χ2n) is 4.50. The molecule has 2 heterocycles. The highest BCUT2D eigenvalue weighted by molar-refractivity contribution is 5.56. The Morgan fingerprint density at radius 3 is 2.94 bits per heavy atom. The van der Waals surface area contributed by atoms with E-state index < -0.39 is 0 Å². The SMILES string of the molecule is Cc1nc(C2CCNc3ccccc32)n(C)n1. The van der Waals surface area contributed by atoms with Crippen LogP contribution in [-0.4, -0.2) is 21.3 Å². The summed E-state index contributed by atoms with van der Waals surface area (Å²) in [6, 6.07) is 8.46. The first-order chi connectivity index (χ1) is 8.25. The largest absolute Gasteiger partial charge is 0.385 e. The number of benzene rings is 1. The van der Waals surface area contributed by atoms with Gasteiger partial charge in [-0.15, -0.1) is 0 Å². The van der Waals surface area contributed by atoms with Crippen molar-refractivity contribution in [2.75, 3.05) is 11.9 Å². The van der Waals surface area contributed by atoms with Crippen LogP contribution in [-0.2, 0) is 7.05 Å². The van der Waals surface area contributed by atoms with Gasteiger partial charge in [-0.3, -0.25) is 4.68 Å². The van der Waals surface area contributed by atoms with Gasteiger partial charge in [-0.05, 0) is 25.0 Å². The molecule has 1 aliphatic rings. The summed E-state index contributed by atoms with van der Waals surface area (Å²) in [5.74, 6) is 2.27. The summed E-state index contributed by atoms with van der Waals surface area (Å²) >= 11 is 0. The summed E-state index contributed by atoms with van der Waals surface area (Å²) < 4.78 is 1.90. The summed E-state index contributed by atoms with van der Waals surface area (Å²) in [7, 11) is 1.97. The number of fused-ring (bicyclic) bond motifs is 1. The number of anilines is 1. The molecule has 3 rings (SSSR count). The average Bonchev–Trinajstić information content (AvgIpc) is 2.68. The lowest BCUT2D eigenvalue weighted by atomic mass is 9.90. The molecule has 1 aromatic heterocycles. The summed E-state index contributed by atoms with van der Waals surface area (Å²) in [6.45, 7) is 2.93. The van der Waals surface area contributed by atoms with Gasteiger partial charge >= 0.3 is 0 Å². The van der Waals surface area contributed by atoms with E-state index in [0.29, 0.717) is 5.92 Å². The number of hydrogen-bond acceptors (Lipinski definition) is 3. The van der Waals surface area contributed by atoms with Crippen LogP contribution in [0.3, 0.4) is 0 Å². The van der Waals surface area contributed by atoms with Crippen LogP contribution in [0.4, 0.5) is 5.69 Å². The third kappa shape index (κ3) is 1.69. The highest BCUT2D eigenvalue weighted by Gasteiger charge is 2.25. The van der Waals surface area contributed by atoms with Crippen molar-refractivity contribution in [1.82, 2.24) is 14.8 Å². The van der Waals surface area contributed by atoms with Crippen LogP contribution in [0, 0.1) is 6.92 Å². The van der Waals surface area contributed by atoms with Crippen molar-refractivity contribution in [2.45, 2.75) is 19.3 Å². The third-order valence-electron chi connectivity index (χ3n) is 3.30. The van der Waals surface area contributed by atoms with Crippen molar-refractivity contribution in [1.29, 1.82) is 0 Å². The molecule has 0 spiro atoms. The van der Waals surface area contributed by atoms with Gasteiger partial charge < -0.3 is 5.32 Å². The van der Waals surface area contributed by atoms with Gasteiger partial charge in [0.15, 0.2) is 0 Å². The highest BCUT2D eigenvalue weighted by atomic mass is 15.3. The molecule has 0 aliphatic carbocycles. The number of nitrogens with one attached hydrogen (secondary N) is 1. The van der Waals surface area contributed by atoms with Gasteiger partial charge in [0.05, 0.1) is 0 Å². The Labute approximate surface area is 101 Å². The molecule has 1 atom stereocenters. The van der Waals surface area contributed by atoms with Gasteiger partial charge in [-0.1, -0.05) is 18.2 Å². The van der Waals surface area contributed by atoms with E-state index in [1.165, 1.54) is 11.3 Å². The fourth-order valence-electron chi connectivity index (χ4n) is 2.57. The van der Waals surface area contributed by atoms with Crippen molar-refractivity contribution < 1.29 is 0 Å². The molecule has 1 aliphatic heterocycles. The third-order valence-corrected chi connectivity index (χ3v) is 3.30. The zero-order valence-corrected chi connectivity index (χ0v) is 10.1. The number of rotatable bonds is 1. The Balaban J connectivity index is 2.09. The summed E-state index contributed by atoms with van der Waals surface area (Å²) in [5.41, 5.74) is 2.55. The molecule has 0 saturated carbocycles.